The molecule has 0 radical (unpaired) electrons. The highest BCUT2D eigenvalue weighted by atomic mass is 16.5. The lowest BCUT2D eigenvalue weighted by Crippen LogP contribution is -2.45. The van der Waals surface area contributed by atoms with Crippen molar-refractivity contribution >= 4 is 16.7 Å². The van der Waals surface area contributed by atoms with Crippen LogP contribution in [-0.4, -0.2) is 37.0 Å². The number of nitrogens with two attached hydrogens (primary N) is 1. The first-order valence-corrected chi connectivity index (χ1v) is 8.22. The van der Waals surface area contributed by atoms with Crippen LogP contribution in [0.25, 0.3) is 10.8 Å². The van der Waals surface area contributed by atoms with Crippen molar-refractivity contribution < 1.29 is 9.53 Å². The molecule has 122 valence electrons. The van der Waals surface area contributed by atoms with Crippen molar-refractivity contribution in [1.82, 2.24) is 4.90 Å². The highest BCUT2D eigenvalue weighted by molar-refractivity contribution is 6.08. The third-order valence-electron chi connectivity index (χ3n) is 4.82. The van der Waals surface area contributed by atoms with Gasteiger partial charge in [0.1, 0.15) is 5.75 Å². The van der Waals surface area contributed by atoms with Crippen LogP contribution in [0.15, 0.2) is 36.4 Å². The van der Waals surface area contributed by atoms with Crippen LogP contribution in [0.3, 0.4) is 0 Å². The monoisotopic (exact) mass is 312 g/mol. The standard InChI is InChI=1S/C19H24N2O2/c1-13(20)14-6-5-11-21(12-14)19(22)17-9-10-18(23-2)16-8-4-3-7-15(16)17/h3-4,7-10,13-14H,5-6,11-12,20H2,1-2H3. The second kappa shape index (κ2) is 6.59. The number of carbonyl (C=O) groups is 1. The van der Waals surface area contributed by atoms with Gasteiger partial charge in [0, 0.05) is 30.1 Å². The second-order valence-electron chi connectivity index (χ2n) is 6.37. The molecule has 2 atom stereocenters. The molecule has 2 N–H and O–H groups in total. The van der Waals surface area contributed by atoms with Crippen molar-refractivity contribution in [3.8, 4) is 5.75 Å². The number of benzene rings is 2. The fourth-order valence-corrected chi connectivity index (χ4v) is 3.43. The maximum atomic E-state index is 13.0. The van der Waals surface area contributed by atoms with Gasteiger partial charge in [-0.1, -0.05) is 24.3 Å². The Morgan fingerprint density at radius 1 is 1.26 bits per heavy atom. The fourth-order valence-electron chi connectivity index (χ4n) is 3.43. The number of piperidine rings is 1. The average molecular weight is 312 g/mol. The molecule has 2 unspecified atom stereocenters. The SMILES string of the molecule is COc1ccc(C(=O)N2CCCC(C(C)N)C2)c2ccccc12. The van der Waals surface area contributed by atoms with Gasteiger partial charge in [-0.2, -0.15) is 0 Å². The molecule has 0 saturated carbocycles. The van der Waals surface area contributed by atoms with Crippen LogP contribution >= 0.6 is 0 Å². The maximum absolute atomic E-state index is 13.0. The van der Waals surface area contributed by atoms with Gasteiger partial charge in [0.25, 0.3) is 5.91 Å². The Morgan fingerprint density at radius 2 is 2.00 bits per heavy atom. The van der Waals surface area contributed by atoms with Crippen molar-refractivity contribution in [1.29, 1.82) is 0 Å². The van der Waals surface area contributed by atoms with E-state index in [9.17, 15) is 4.79 Å². The average Bonchev–Trinajstić information content (AvgIpc) is 2.60. The topological polar surface area (TPSA) is 55.6 Å². The van der Waals surface area contributed by atoms with Crippen LogP contribution in [0.1, 0.15) is 30.1 Å². The summed E-state index contributed by atoms with van der Waals surface area (Å²) in [4.78, 5) is 15.0. The third-order valence-corrected chi connectivity index (χ3v) is 4.82. The lowest BCUT2D eigenvalue weighted by atomic mass is 9.91. The van der Waals surface area contributed by atoms with Crippen LogP contribution < -0.4 is 10.5 Å². The largest absolute Gasteiger partial charge is 0.496 e. The Kier molecular flexibility index (Phi) is 4.53. The van der Waals surface area contributed by atoms with E-state index in [1.165, 1.54) is 0 Å². The number of fused-ring (bicyclic) bond motifs is 1. The number of hydrogen-bond donors (Lipinski definition) is 1. The van der Waals surface area contributed by atoms with E-state index in [1.54, 1.807) is 7.11 Å². The van der Waals surface area contributed by atoms with Gasteiger partial charge in [-0.25, -0.2) is 0 Å². The molecule has 2 aromatic carbocycles. The molecule has 1 aliphatic rings. The Hall–Kier alpha value is -2.07. The number of amides is 1. The summed E-state index contributed by atoms with van der Waals surface area (Å²) in [5, 5.41) is 1.92. The zero-order chi connectivity index (χ0) is 16.4. The van der Waals surface area contributed by atoms with Gasteiger partial charge in [0.05, 0.1) is 7.11 Å². The molecule has 0 aromatic heterocycles. The van der Waals surface area contributed by atoms with Crippen LogP contribution in [0, 0.1) is 5.92 Å². The molecule has 23 heavy (non-hydrogen) atoms. The van der Waals surface area contributed by atoms with Crippen molar-refractivity contribution in [2.45, 2.75) is 25.8 Å². The van der Waals surface area contributed by atoms with E-state index in [1.807, 2.05) is 48.2 Å². The first-order chi connectivity index (χ1) is 11.1. The van der Waals surface area contributed by atoms with Crippen LogP contribution in [0.5, 0.6) is 5.75 Å². The van der Waals surface area contributed by atoms with E-state index in [-0.39, 0.29) is 11.9 Å². The van der Waals surface area contributed by atoms with Crippen molar-refractivity contribution in [2.24, 2.45) is 11.7 Å². The second-order valence-corrected chi connectivity index (χ2v) is 6.37. The highest BCUT2D eigenvalue weighted by Gasteiger charge is 2.27. The molecule has 1 fully saturated rings. The van der Waals surface area contributed by atoms with Crippen molar-refractivity contribution in [3.63, 3.8) is 0 Å². The minimum absolute atomic E-state index is 0.0919. The minimum Gasteiger partial charge on any atom is -0.496 e. The molecular formula is C19H24N2O2. The first-order valence-electron chi connectivity index (χ1n) is 8.22. The number of ether oxygens (including phenoxy) is 1. The van der Waals surface area contributed by atoms with Gasteiger partial charge in [-0.15, -0.1) is 0 Å². The molecule has 0 spiro atoms. The molecule has 4 nitrogen and oxygen atoms in total. The fraction of sp³-hybridized carbons (Fsp3) is 0.421. The number of carbonyl (C=O) groups excluding carboxylic acids is 1. The summed E-state index contributed by atoms with van der Waals surface area (Å²) < 4.78 is 5.41. The molecular weight excluding hydrogens is 288 g/mol. The molecule has 1 saturated heterocycles. The van der Waals surface area contributed by atoms with E-state index in [2.05, 4.69) is 0 Å². The van der Waals surface area contributed by atoms with Gasteiger partial charge >= 0.3 is 0 Å². The van der Waals surface area contributed by atoms with Gasteiger partial charge in [0.15, 0.2) is 0 Å². The number of hydrogen-bond acceptors (Lipinski definition) is 3. The Labute approximate surface area is 137 Å². The Bertz CT molecular complexity index is 712. The van der Waals surface area contributed by atoms with Gasteiger partial charge in [-0.3, -0.25) is 4.79 Å². The summed E-state index contributed by atoms with van der Waals surface area (Å²) in [6.45, 7) is 3.58. The van der Waals surface area contributed by atoms with Crippen molar-refractivity contribution in [2.75, 3.05) is 20.2 Å². The van der Waals surface area contributed by atoms with Gasteiger partial charge < -0.3 is 15.4 Å². The predicted octanol–water partition coefficient (Wildman–Crippen LogP) is 3.05. The first kappa shape index (κ1) is 15.8. The quantitative estimate of drug-likeness (QED) is 0.947. The molecule has 2 aromatic rings. The van der Waals surface area contributed by atoms with E-state index < -0.39 is 0 Å². The van der Waals surface area contributed by atoms with Crippen molar-refractivity contribution in [3.05, 3.63) is 42.0 Å². The number of nitrogens with zero attached hydrogens (tertiary/aromatic N) is 1. The molecule has 3 rings (SSSR count). The Balaban J connectivity index is 1.95. The minimum atomic E-state index is 0.0919. The molecule has 1 heterocycles. The predicted molar refractivity (Wildman–Crippen MR) is 92.8 cm³/mol. The molecule has 0 bridgehead atoms. The van der Waals surface area contributed by atoms with E-state index in [0.29, 0.717) is 5.92 Å². The smallest absolute Gasteiger partial charge is 0.254 e. The van der Waals surface area contributed by atoms with Crippen LogP contribution in [-0.2, 0) is 0 Å². The lowest BCUT2D eigenvalue weighted by molar-refractivity contribution is 0.0663. The van der Waals surface area contributed by atoms with Gasteiger partial charge in [0.2, 0.25) is 0 Å². The number of rotatable bonds is 3. The zero-order valence-electron chi connectivity index (χ0n) is 13.8. The maximum Gasteiger partial charge on any atom is 0.254 e. The Morgan fingerprint density at radius 3 is 2.70 bits per heavy atom. The summed E-state index contributed by atoms with van der Waals surface area (Å²) in [6, 6.07) is 11.8. The lowest BCUT2D eigenvalue weighted by Gasteiger charge is -2.35. The van der Waals surface area contributed by atoms with E-state index in [0.717, 1.165) is 48.0 Å². The van der Waals surface area contributed by atoms with Crippen LogP contribution in [0.4, 0.5) is 0 Å². The number of likely N-dealkylation sites (tertiary alicyclic amines) is 1. The summed E-state index contributed by atoms with van der Waals surface area (Å²) in [5.74, 6) is 1.27. The summed E-state index contributed by atoms with van der Waals surface area (Å²) in [5.41, 5.74) is 6.78. The highest BCUT2D eigenvalue weighted by Crippen LogP contribution is 2.30. The summed E-state index contributed by atoms with van der Waals surface area (Å²) in [7, 11) is 1.65. The molecule has 0 aliphatic carbocycles. The summed E-state index contributed by atoms with van der Waals surface area (Å²) >= 11 is 0. The van der Waals surface area contributed by atoms with Gasteiger partial charge in [-0.05, 0) is 43.2 Å². The number of methoxy groups -OCH3 is 1. The molecule has 4 heteroatoms. The third kappa shape index (κ3) is 3.04. The molecule has 1 amide bonds. The van der Waals surface area contributed by atoms with E-state index in [4.69, 9.17) is 10.5 Å². The normalized spacial score (nSPS) is 19.6. The zero-order valence-corrected chi connectivity index (χ0v) is 13.8. The molecule has 1 aliphatic heterocycles. The van der Waals surface area contributed by atoms with E-state index >= 15 is 0 Å². The van der Waals surface area contributed by atoms with Crippen LogP contribution in [0.2, 0.25) is 0 Å². The summed E-state index contributed by atoms with van der Waals surface area (Å²) in [6.07, 6.45) is 2.12.